The number of hydrogen-bond acceptors (Lipinski definition) is 1. The van der Waals surface area contributed by atoms with E-state index in [0.717, 1.165) is 0 Å². The molecule has 0 amide bonds. The van der Waals surface area contributed by atoms with Gasteiger partial charge in [0.1, 0.15) is 5.75 Å². The van der Waals surface area contributed by atoms with Crippen molar-refractivity contribution in [3.8, 4) is 5.75 Å². The van der Waals surface area contributed by atoms with Gasteiger partial charge in [-0.25, -0.2) is 0 Å². The first-order valence-corrected chi connectivity index (χ1v) is 3.10. The van der Waals surface area contributed by atoms with Crippen molar-refractivity contribution >= 4 is 60.9 Å². The van der Waals surface area contributed by atoms with Crippen molar-refractivity contribution in [3.05, 3.63) is 28.2 Å². The van der Waals surface area contributed by atoms with E-state index in [0.29, 0.717) is 5.02 Å². The Hall–Kier alpha value is 0.860. The maximum Gasteiger partial charge on any atom is 2.00 e. The van der Waals surface area contributed by atoms with Crippen LogP contribution in [-0.2, 0) is 0 Å². The fraction of sp³-hybridized carbons (Fsp3) is 0. The zero-order chi connectivity index (χ0) is 6.85. The minimum Gasteiger partial charge on any atom is -1.00 e. The van der Waals surface area contributed by atoms with Gasteiger partial charge in [-0.3, -0.25) is 0 Å². The molecule has 0 radical (unpaired) electrons. The summed E-state index contributed by atoms with van der Waals surface area (Å²) in [6.07, 6.45) is 0. The largest absolute Gasteiger partial charge is 2.00 e. The Balaban J connectivity index is -0.000000270. The van der Waals surface area contributed by atoms with Gasteiger partial charge in [0.05, 0.1) is 5.02 Å². The Kier molecular flexibility index (Phi) is 5.08. The number of benzene rings is 1. The van der Waals surface area contributed by atoms with Crippen molar-refractivity contribution in [2.75, 3.05) is 0 Å². The molecule has 0 aliphatic rings. The van der Waals surface area contributed by atoms with E-state index in [9.17, 15) is 0 Å². The van der Waals surface area contributed by atoms with Crippen molar-refractivity contribution in [1.82, 2.24) is 0 Å². The molecule has 1 rings (SSSR count). The van der Waals surface area contributed by atoms with Gasteiger partial charge in [-0.1, -0.05) is 23.2 Å². The number of hydrogen-bond donors (Lipinski definition) is 1. The SMILES string of the molecule is Oc1ccc(Cl)cc1Cl.[Ca+2].[H-].[H-]. The Morgan fingerprint density at radius 1 is 1.30 bits per heavy atom. The van der Waals surface area contributed by atoms with E-state index >= 15 is 0 Å². The molecule has 4 heteroatoms. The molecule has 0 aliphatic heterocycles. The molecule has 0 spiro atoms. The zero-order valence-electron chi connectivity index (χ0n) is 7.14. The van der Waals surface area contributed by atoms with E-state index in [2.05, 4.69) is 0 Å². The standard InChI is InChI=1S/C6H4Cl2O.Ca.2H/c7-4-1-2-6(9)5(8)3-4;;;/h1-3,9H;;;/q;+2;2*-1. The molecule has 1 N–H and O–H groups in total. The summed E-state index contributed by atoms with van der Waals surface area (Å²) in [5.74, 6) is 0.0565. The first-order valence-electron chi connectivity index (χ1n) is 2.34. The number of phenolic OH excluding ortho intramolecular Hbond substituents is 1. The van der Waals surface area contributed by atoms with E-state index in [-0.39, 0.29) is 51.4 Å². The smallest absolute Gasteiger partial charge is 1.00 e. The minimum atomic E-state index is 0. The van der Waals surface area contributed by atoms with Crippen molar-refractivity contribution in [2.24, 2.45) is 0 Å². The van der Waals surface area contributed by atoms with E-state index in [1.807, 2.05) is 0 Å². The Labute approximate surface area is 102 Å². The molecule has 1 aromatic rings. The van der Waals surface area contributed by atoms with Crippen LogP contribution in [0.2, 0.25) is 10.0 Å². The fourth-order valence-electron chi connectivity index (χ4n) is 0.481. The molecule has 1 nitrogen and oxygen atoms in total. The average Bonchev–Trinajstić information content (AvgIpc) is 1.80. The van der Waals surface area contributed by atoms with E-state index in [4.69, 9.17) is 28.3 Å². The third-order valence-corrected chi connectivity index (χ3v) is 1.45. The second-order valence-electron chi connectivity index (χ2n) is 1.60. The molecule has 0 saturated carbocycles. The monoisotopic (exact) mass is 204 g/mol. The van der Waals surface area contributed by atoms with E-state index < -0.39 is 0 Å². The predicted molar refractivity (Wildman–Crippen MR) is 46.1 cm³/mol. The summed E-state index contributed by atoms with van der Waals surface area (Å²) >= 11 is 11.0. The Morgan fingerprint density at radius 2 is 1.90 bits per heavy atom. The second kappa shape index (κ2) is 4.68. The third kappa shape index (κ3) is 2.85. The molecule has 0 saturated heterocycles. The molecule has 0 unspecified atom stereocenters. The van der Waals surface area contributed by atoms with Crippen LogP contribution < -0.4 is 0 Å². The summed E-state index contributed by atoms with van der Waals surface area (Å²) in [5.41, 5.74) is 0. The average molecular weight is 205 g/mol. The Morgan fingerprint density at radius 3 is 2.30 bits per heavy atom. The summed E-state index contributed by atoms with van der Waals surface area (Å²) < 4.78 is 0. The quantitative estimate of drug-likeness (QED) is 0.645. The first kappa shape index (κ1) is 10.9. The molecule has 0 aliphatic carbocycles. The van der Waals surface area contributed by atoms with E-state index in [1.54, 1.807) is 6.07 Å². The van der Waals surface area contributed by atoms with Crippen molar-refractivity contribution in [1.29, 1.82) is 0 Å². The molecular formula is C6H6CaCl2O. The van der Waals surface area contributed by atoms with Crippen molar-refractivity contribution in [3.63, 3.8) is 0 Å². The third-order valence-electron chi connectivity index (χ3n) is 0.910. The fourth-order valence-corrected chi connectivity index (χ4v) is 0.890. The summed E-state index contributed by atoms with van der Waals surface area (Å²) in [7, 11) is 0. The van der Waals surface area contributed by atoms with Crippen molar-refractivity contribution in [2.45, 2.75) is 0 Å². The van der Waals surface area contributed by atoms with Crippen LogP contribution in [0.25, 0.3) is 0 Å². The topological polar surface area (TPSA) is 20.2 Å². The second-order valence-corrected chi connectivity index (χ2v) is 2.44. The molecule has 1 aromatic carbocycles. The van der Waals surface area contributed by atoms with Gasteiger partial charge in [-0.15, -0.1) is 0 Å². The molecule has 52 valence electrons. The van der Waals surface area contributed by atoms with Crippen LogP contribution in [0.4, 0.5) is 0 Å². The number of rotatable bonds is 0. The van der Waals surface area contributed by atoms with Gasteiger partial charge < -0.3 is 7.96 Å². The molecule has 0 heterocycles. The van der Waals surface area contributed by atoms with Gasteiger partial charge in [0.2, 0.25) is 0 Å². The van der Waals surface area contributed by atoms with Gasteiger partial charge in [-0.05, 0) is 18.2 Å². The maximum atomic E-state index is 8.85. The van der Waals surface area contributed by atoms with Crippen molar-refractivity contribution < 1.29 is 7.96 Å². The van der Waals surface area contributed by atoms with Gasteiger partial charge in [0.25, 0.3) is 0 Å². The zero-order valence-corrected chi connectivity index (χ0v) is 8.86. The van der Waals surface area contributed by atoms with Crippen LogP contribution in [0, 0.1) is 0 Å². The van der Waals surface area contributed by atoms with Gasteiger partial charge in [0, 0.05) is 5.02 Å². The molecule has 0 bridgehead atoms. The molecule has 10 heavy (non-hydrogen) atoms. The van der Waals surface area contributed by atoms with E-state index in [1.165, 1.54) is 12.1 Å². The molecule has 0 fully saturated rings. The molecule has 0 atom stereocenters. The van der Waals surface area contributed by atoms with Gasteiger partial charge in [0.15, 0.2) is 0 Å². The number of halogens is 2. The predicted octanol–water partition coefficient (Wildman–Crippen LogP) is 2.54. The Bertz CT molecular complexity index is 235. The van der Waals surface area contributed by atoms with Crippen LogP contribution in [0.3, 0.4) is 0 Å². The maximum absolute atomic E-state index is 8.85. The first-order chi connectivity index (χ1) is 4.20. The summed E-state index contributed by atoms with van der Waals surface area (Å²) in [6.45, 7) is 0. The molecule has 0 aromatic heterocycles. The number of aromatic hydroxyl groups is 1. The summed E-state index contributed by atoms with van der Waals surface area (Å²) in [4.78, 5) is 0. The van der Waals surface area contributed by atoms with Gasteiger partial charge in [-0.2, -0.15) is 0 Å². The summed E-state index contributed by atoms with van der Waals surface area (Å²) in [6, 6.07) is 4.51. The van der Waals surface area contributed by atoms with Crippen LogP contribution in [-0.4, -0.2) is 42.8 Å². The van der Waals surface area contributed by atoms with Crippen LogP contribution in [0.1, 0.15) is 2.85 Å². The van der Waals surface area contributed by atoms with Crippen LogP contribution in [0.5, 0.6) is 5.75 Å². The minimum absolute atomic E-state index is 0. The van der Waals surface area contributed by atoms with Crippen LogP contribution in [0.15, 0.2) is 18.2 Å². The van der Waals surface area contributed by atoms with Gasteiger partial charge >= 0.3 is 37.7 Å². The normalized spacial score (nSPS) is 8.60. The van der Waals surface area contributed by atoms with Crippen LogP contribution >= 0.6 is 23.2 Å². The number of phenols is 1. The molecular weight excluding hydrogens is 199 g/mol. The summed E-state index contributed by atoms with van der Waals surface area (Å²) in [5, 5.41) is 9.66.